The maximum absolute atomic E-state index is 10.6. The highest BCUT2D eigenvalue weighted by atomic mass is 16.5. The normalized spacial score (nSPS) is 10.6. The molecular weight excluding hydrogens is 246 g/mol. The summed E-state index contributed by atoms with van der Waals surface area (Å²) in [6.45, 7) is 3.07. The van der Waals surface area contributed by atoms with Gasteiger partial charge >= 0.3 is 5.97 Å². The molecule has 1 aromatic rings. The standard InChI is InChI=1S/C14H21NO4/c1-10-7-13(19-4)11(8-12(10)18-3)9-15(2)6-5-14(16)17/h7-8H,5-6,9H2,1-4H3,(H,16,17). The lowest BCUT2D eigenvalue weighted by Crippen LogP contribution is -2.21. The maximum Gasteiger partial charge on any atom is 0.304 e. The lowest BCUT2D eigenvalue weighted by Gasteiger charge is -2.19. The summed E-state index contributed by atoms with van der Waals surface area (Å²) in [6, 6.07) is 3.87. The van der Waals surface area contributed by atoms with Crippen LogP contribution in [-0.2, 0) is 11.3 Å². The molecule has 0 saturated heterocycles. The van der Waals surface area contributed by atoms with Crippen molar-refractivity contribution in [1.82, 2.24) is 4.90 Å². The number of aliphatic carboxylic acids is 1. The Morgan fingerprint density at radius 1 is 1.26 bits per heavy atom. The highest BCUT2D eigenvalue weighted by molar-refractivity contribution is 5.66. The van der Waals surface area contributed by atoms with Gasteiger partial charge in [-0.2, -0.15) is 0 Å². The van der Waals surface area contributed by atoms with Gasteiger partial charge in [-0.05, 0) is 31.7 Å². The molecule has 1 aromatic carbocycles. The Kier molecular flexibility index (Phi) is 5.63. The highest BCUT2D eigenvalue weighted by Gasteiger charge is 2.11. The van der Waals surface area contributed by atoms with E-state index in [9.17, 15) is 4.79 Å². The molecule has 5 heteroatoms. The molecule has 1 rings (SSSR count). The molecule has 0 aliphatic carbocycles. The summed E-state index contributed by atoms with van der Waals surface area (Å²) in [5.41, 5.74) is 1.99. The zero-order valence-corrected chi connectivity index (χ0v) is 11.9. The van der Waals surface area contributed by atoms with E-state index in [1.165, 1.54) is 0 Å². The molecular formula is C14H21NO4. The number of rotatable bonds is 7. The van der Waals surface area contributed by atoms with Crippen molar-refractivity contribution >= 4 is 5.97 Å². The molecule has 0 bridgehead atoms. The number of ether oxygens (including phenoxy) is 2. The summed E-state index contributed by atoms with van der Waals surface area (Å²) in [7, 11) is 5.14. The highest BCUT2D eigenvalue weighted by Crippen LogP contribution is 2.28. The van der Waals surface area contributed by atoms with Crippen LogP contribution in [0.2, 0.25) is 0 Å². The van der Waals surface area contributed by atoms with Crippen LogP contribution in [0.5, 0.6) is 11.5 Å². The van der Waals surface area contributed by atoms with Crippen molar-refractivity contribution in [3.63, 3.8) is 0 Å². The van der Waals surface area contributed by atoms with E-state index in [1.807, 2.05) is 31.0 Å². The van der Waals surface area contributed by atoms with Crippen LogP contribution in [0.3, 0.4) is 0 Å². The van der Waals surface area contributed by atoms with E-state index in [1.54, 1.807) is 14.2 Å². The first kappa shape index (κ1) is 15.3. The molecule has 19 heavy (non-hydrogen) atoms. The second-order valence-electron chi connectivity index (χ2n) is 4.52. The first-order valence-corrected chi connectivity index (χ1v) is 6.09. The molecule has 0 aromatic heterocycles. The number of methoxy groups -OCH3 is 2. The van der Waals surface area contributed by atoms with Crippen LogP contribution in [0.25, 0.3) is 0 Å². The van der Waals surface area contributed by atoms with Crippen molar-refractivity contribution in [3.8, 4) is 11.5 Å². The van der Waals surface area contributed by atoms with Gasteiger partial charge in [-0.25, -0.2) is 0 Å². The lowest BCUT2D eigenvalue weighted by atomic mass is 10.1. The SMILES string of the molecule is COc1cc(CN(C)CCC(=O)O)c(OC)cc1C. The minimum Gasteiger partial charge on any atom is -0.496 e. The average Bonchev–Trinajstić information content (AvgIpc) is 2.37. The first-order chi connectivity index (χ1) is 8.97. The van der Waals surface area contributed by atoms with Crippen molar-refractivity contribution in [2.45, 2.75) is 19.9 Å². The molecule has 0 atom stereocenters. The Hall–Kier alpha value is -1.75. The number of nitrogens with zero attached hydrogens (tertiary/aromatic N) is 1. The number of carboxylic acids is 1. The van der Waals surface area contributed by atoms with E-state index in [0.717, 1.165) is 22.6 Å². The average molecular weight is 267 g/mol. The summed E-state index contributed by atoms with van der Waals surface area (Å²) >= 11 is 0. The number of hydrogen-bond donors (Lipinski definition) is 1. The van der Waals surface area contributed by atoms with Gasteiger partial charge in [0.05, 0.1) is 20.6 Å². The van der Waals surface area contributed by atoms with E-state index in [0.29, 0.717) is 13.1 Å². The summed E-state index contributed by atoms with van der Waals surface area (Å²) in [6.07, 6.45) is 0.127. The summed E-state index contributed by atoms with van der Waals surface area (Å²) in [5, 5.41) is 8.68. The predicted octanol–water partition coefficient (Wildman–Crippen LogP) is 1.92. The van der Waals surface area contributed by atoms with Crippen molar-refractivity contribution < 1.29 is 19.4 Å². The number of hydrogen-bond acceptors (Lipinski definition) is 4. The quantitative estimate of drug-likeness (QED) is 0.818. The number of benzene rings is 1. The minimum atomic E-state index is -0.791. The maximum atomic E-state index is 10.6. The topological polar surface area (TPSA) is 59.0 Å². The van der Waals surface area contributed by atoms with Crippen molar-refractivity contribution in [2.75, 3.05) is 27.8 Å². The third kappa shape index (κ3) is 4.44. The van der Waals surface area contributed by atoms with Crippen molar-refractivity contribution in [2.24, 2.45) is 0 Å². The monoisotopic (exact) mass is 267 g/mol. The lowest BCUT2D eigenvalue weighted by molar-refractivity contribution is -0.137. The molecule has 0 heterocycles. The molecule has 0 aliphatic rings. The first-order valence-electron chi connectivity index (χ1n) is 6.09. The van der Waals surface area contributed by atoms with Gasteiger partial charge < -0.3 is 19.5 Å². The number of carbonyl (C=O) groups is 1. The zero-order chi connectivity index (χ0) is 14.4. The van der Waals surface area contributed by atoms with Gasteiger partial charge in [0.1, 0.15) is 11.5 Å². The van der Waals surface area contributed by atoms with Crippen LogP contribution in [0.1, 0.15) is 17.5 Å². The molecule has 106 valence electrons. The number of carboxylic acid groups (broad SMARTS) is 1. The van der Waals surface area contributed by atoms with Gasteiger partial charge in [0, 0.05) is 18.7 Å². The van der Waals surface area contributed by atoms with Crippen LogP contribution >= 0.6 is 0 Å². The molecule has 0 unspecified atom stereocenters. The van der Waals surface area contributed by atoms with Crippen LogP contribution in [-0.4, -0.2) is 43.8 Å². The predicted molar refractivity (Wildman–Crippen MR) is 72.9 cm³/mol. The summed E-state index contributed by atoms with van der Waals surface area (Å²) in [4.78, 5) is 12.5. The second kappa shape index (κ2) is 6.99. The van der Waals surface area contributed by atoms with Gasteiger partial charge in [-0.15, -0.1) is 0 Å². The van der Waals surface area contributed by atoms with Crippen LogP contribution in [0, 0.1) is 6.92 Å². The van der Waals surface area contributed by atoms with E-state index < -0.39 is 5.97 Å². The fourth-order valence-electron chi connectivity index (χ4n) is 1.89. The Balaban J connectivity index is 2.83. The van der Waals surface area contributed by atoms with Gasteiger partial charge in [0.2, 0.25) is 0 Å². The van der Waals surface area contributed by atoms with Gasteiger partial charge in [-0.3, -0.25) is 4.79 Å². The molecule has 0 spiro atoms. The van der Waals surface area contributed by atoms with E-state index in [2.05, 4.69) is 0 Å². The third-order valence-corrected chi connectivity index (χ3v) is 2.95. The van der Waals surface area contributed by atoms with Gasteiger partial charge in [-0.1, -0.05) is 0 Å². The van der Waals surface area contributed by atoms with Crippen LogP contribution in [0.15, 0.2) is 12.1 Å². The minimum absolute atomic E-state index is 0.127. The Morgan fingerprint density at radius 2 is 1.89 bits per heavy atom. The Bertz CT molecular complexity index is 445. The van der Waals surface area contributed by atoms with Crippen molar-refractivity contribution in [1.29, 1.82) is 0 Å². The fraction of sp³-hybridized carbons (Fsp3) is 0.500. The molecule has 5 nitrogen and oxygen atoms in total. The summed E-state index contributed by atoms with van der Waals surface area (Å²) in [5.74, 6) is 0.809. The zero-order valence-electron chi connectivity index (χ0n) is 11.9. The van der Waals surface area contributed by atoms with E-state index >= 15 is 0 Å². The largest absolute Gasteiger partial charge is 0.496 e. The molecule has 0 radical (unpaired) electrons. The van der Waals surface area contributed by atoms with Crippen LogP contribution < -0.4 is 9.47 Å². The molecule has 0 aliphatic heterocycles. The van der Waals surface area contributed by atoms with E-state index in [-0.39, 0.29) is 6.42 Å². The Morgan fingerprint density at radius 3 is 2.42 bits per heavy atom. The molecule has 1 N–H and O–H groups in total. The fourth-order valence-corrected chi connectivity index (χ4v) is 1.89. The smallest absolute Gasteiger partial charge is 0.304 e. The second-order valence-corrected chi connectivity index (χ2v) is 4.52. The third-order valence-electron chi connectivity index (χ3n) is 2.95. The van der Waals surface area contributed by atoms with Crippen LogP contribution in [0.4, 0.5) is 0 Å². The molecule has 0 fully saturated rings. The molecule has 0 saturated carbocycles. The summed E-state index contributed by atoms with van der Waals surface area (Å²) < 4.78 is 10.7. The number of aryl methyl sites for hydroxylation is 1. The van der Waals surface area contributed by atoms with Gasteiger partial charge in [0.25, 0.3) is 0 Å². The van der Waals surface area contributed by atoms with Crippen molar-refractivity contribution in [3.05, 3.63) is 23.3 Å². The Labute approximate surface area is 113 Å². The van der Waals surface area contributed by atoms with Gasteiger partial charge in [0.15, 0.2) is 0 Å². The molecule has 0 amide bonds. The van der Waals surface area contributed by atoms with E-state index in [4.69, 9.17) is 14.6 Å².